The molecule has 1 rings (SSSR count). The summed E-state index contributed by atoms with van der Waals surface area (Å²) in [4.78, 5) is 14.5. The van der Waals surface area contributed by atoms with Gasteiger partial charge in [0.1, 0.15) is 0 Å². The highest BCUT2D eigenvalue weighted by atomic mass is 19.3. The number of carbonyl (C=O) groups is 1. The molecular weight excluding hydrogens is 206 g/mol. The van der Waals surface area contributed by atoms with Crippen LogP contribution in [0.4, 0.5) is 14.5 Å². The van der Waals surface area contributed by atoms with Crippen molar-refractivity contribution in [1.29, 1.82) is 0 Å². The van der Waals surface area contributed by atoms with Crippen molar-refractivity contribution in [3.63, 3.8) is 0 Å². The van der Waals surface area contributed by atoms with Gasteiger partial charge in [0.15, 0.2) is 0 Å². The maximum absolute atomic E-state index is 12.3. The molecule has 0 aliphatic carbocycles. The highest BCUT2D eigenvalue weighted by Crippen LogP contribution is 2.24. The van der Waals surface area contributed by atoms with Crippen molar-refractivity contribution >= 4 is 11.7 Å². The van der Waals surface area contributed by atoms with Crippen LogP contribution in [0.1, 0.15) is 17.7 Å². The molecule has 2 N–H and O–H groups in total. The number of nitrogens with two attached hydrogens (primary N) is 1. The van der Waals surface area contributed by atoms with Gasteiger partial charge in [0.25, 0.3) is 6.43 Å². The van der Waals surface area contributed by atoms with Gasteiger partial charge in [-0.15, -0.1) is 0 Å². The van der Waals surface area contributed by atoms with E-state index in [2.05, 4.69) is 9.72 Å². The summed E-state index contributed by atoms with van der Waals surface area (Å²) in [5, 5.41) is 0. The highest BCUT2D eigenvalue weighted by molar-refractivity contribution is 5.72. The second kappa shape index (κ2) is 4.68. The number of ether oxygens (including phenoxy) is 1. The zero-order chi connectivity index (χ0) is 11.4. The van der Waals surface area contributed by atoms with Crippen molar-refractivity contribution < 1.29 is 18.3 Å². The fourth-order valence-electron chi connectivity index (χ4n) is 1.03. The number of rotatable bonds is 3. The zero-order valence-corrected chi connectivity index (χ0v) is 8.04. The normalized spacial score (nSPS) is 10.4. The van der Waals surface area contributed by atoms with Crippen LogP contribution < -0.4 is 5.73 Å². The predicted octanol–water partition coefficient (Wildman–Crippen LogP) is 1.32. The smallest absolute Gasteiger partial charge is 0.311 e. The standard InChI is InChI=1S/C9H10F2N2O2/c1-15-8(14)3-5-2-7(12)6(4-13-5)9(10)11/h2,4,9H,3H2,1H3,(H2,12,13). The Kier molecular flexibility index (Phi) is 3.54. The molecule has 0 atom stereocenters. The molecule has 0 radical (unpaired) electrons. The highest BCUT2D eigenvalue weighted by Gasteiger charge is 2.13. The van der Waals surface area contributed by atoms with E-state index < -0.39 is 12.4 Å². The van der Waals surface area contributed by atoms with Crippen LogP contribution >= 0.6 is 0 Å². The molecule has 6 heteroatoms. The molecule has 0 amide bonds. The van der Waals surface area contributed by atoms with E-state index in [-0.39, 0.29) is 17.7 Å². The van der Waals surface area contributed by atoms with Gasteiger partial charge >= 0.3 is 5.97 Å². The van der Waals surface area contributed by atoms with Gasteiger partial charge in [0.2, 0.25) is 0 Å². The second-order valence-electron chi connectivity index (χ2n) is 2.86. The third kappa shape index (κ3) is 2.87. The Morgan fingerprint density at radius 1 is 1.67 bits per heavy atom. The lowest BCUT2D eigenvalue weighted by Crippen LogP contribution is -2.07. The van der Waals surface area contributed by atoms with Gasteiger partial charge in [-0.1, -0.05) is 0 Å². The Morgan fingerprint density at radius 2 is 2.33 bits per heavy atom. The van der Waals surface area contributed by atoms with Crippen molar-refractivity contribution in [2.75, 3.05) is 12.8 Å². The van der Waals surface area contributed by atoms with Crippen molar-refractivity contribution in [3.05, 3.63) is 23.5 Å². The number of pyridine rings is 1. The number of carbonyl (C=O) groups excluding carboxylic acids is 1. The van der Waals surface area contributed by atoms with Crippen LogP contribution in [0.25, 0.3) is 0 Å². The summed E-state index contributed by atoms with van der Waals surface area (Å²) in [6.07, 6.45) is -1.77. The van der Waals surface area contributed by atoms with Gasteiger partial charge in [-0.25, -0.2) is 8.78 Å². The number of nitrogen functional groups attached to an aromatic ring is 1. The maximum Gasteiger partial charge on any atom is 0.311 e. The van der Waals surface area contributed by atoms with Gasteiger partial charge in [-0.05, 0) is 6.07 Å². The second-order valence-corrected chi connectivity index (χ2v) is 2.86. The number of halogens is 2. The van der Waals surface area contributed by atoms with Gasteiger partial charge in [-0.3, -0.25) is 9.78 Å². The Hall–Kier alpha value is -1.72. The lowest BCUT2D eigenvalue weighted by Gasteiger charge is -2.05. The fourth-order valence-corrected chi connectivity index (χ4v) is 1.03. The van der Waals surface area contributed by atoms with Gasteiger partial charge in [-0.2, -0.15) is 0 Å². The molecule has 0 unspecified atom stereocenters. The minimum absolute atomic E-state index is 0.0705. The van der Waals surface area contributed by atoms with Crippen LogP contribution in [-0.2, 0) is 16.0 Å². The van der Waals surface area contributed by atoms with Crippen LogP contribution in [0.2, 0.25) is 0 Å². The number of alkyl halides is 2. The molecule has 1 aromatic rings. The number of nitrogens with zero attached hydrogens (tertiary/aromatic N) is 1. The summed E-state index contributed by atoms with van der Waals surface area (Å²) in [5.74, 6) is -0.494. The van der Waals surface area contributed by atoms with Crippen LogP contribution in [0.5, 0.6) is 0 Å². The van der Waals surface area contributed by atoms with Gasteiger partial charge in [0, 0.05) is 11.9 Å². The maximum atomic E-state index is 12.3. The summed E-state index contributed by atoms with van der Waals surface area (Å²) in [5.41, 5.74) is 5.28. The van der Waals surface area contributed by atoms with E-state index in [0.717, 1.165) is 6.20 Å². The molecule has 15 heavy (non-hydrogen) atoms. The Morgan fingerprint density at radius 3 is 2.80 bits per heavy atom. The lowest BCUT2D eigenvalue weighted by molar-refractivity contribution is -0.139. The Labute approximate surface area is 85.1 Å². The third-order valence-electron chi connectivity index (χ3n) is 1.81. The van der Waals surface area contributed by atoms with E-state index >= 15 is 0 Å². The SMILES string of the molecule is COC(=O)Cc1cc(N)c(C(F)F)cn1. The van der Waals surface area contributed by atoms with Gasteiger partial charge < -0.3 is 10.5 Å². The van der Waals surface area contributed by atoms with Crippen molar-refractivity contribution in [2.45, 2.75) is 12.8 Å². The molecule has 0 saturated heterocycles. The molecule has 0 bridgehead atoms. The topological polar surface area (TPSA) is 65.2 Å². The van der Waals surface area contributed by atoms with E-state index in [1.54, 1.807) is 0 Å². The van der Waals surface area contributed by atoms with Crippen molar-refractivity contribution in [2.24, 2.45) is 0 Å². The Balaban J connectivity index is 2.87. The summed E-state index contributed by atoms with van der Waals surface area (Å²) in [7, 11) is 1.24. The fraction of sp³-hybridized carbons (Fsp3) is 0.333. The van der Waals surface area contributed by atoms with E-state index in [1.807, 2.05) is 0 Å². The van der Waals surface area contributed by atoms with Crippen LogP contribution in [-0.4, -0.2) is 18.1 Å². The molecular formula is C9H10F2N2O2. The Bertz CT molecular complexity index is 369. The number of anilines is 1. The molecule has 0 aromatic carbocycles. The number of aromatic nitrogens is 1. The number of esters is 1. The molecule has 4 nitrogen and oxygen atoms in total. The average Bonchev–Trinajstić information content (AvgIpc) is 2.17. The first-order valence-corrected chi connectivity index (χ1v) is 4.14. The number of hydrogen-bond acceptors (Lipinski definition) is 4. The summed E-state index contributed by atoms with van der Waals surface area (Å²) in [6.45, 7) is 0. The molecule has 0 saturated carbocycles. The summed E-state index contributed by atoms with van der Waals surface area (Å²) in [6, 6.07) is 1.25. The first-order valence-electron chi connectivity index (χ1n) is 4.14. The quantitative estimate of drug-likeness (QED) is 0.774. The molecule has 1 heterocycles. The monoisotopic (exact) mass is 216 g/mol. The predicted molar refractivity (Wildman–Crippen MR) is 49.3 cm³/mol. The van der Waals surface area contributed by atoms with E-state index in [9.17, 15) is 13.6 Å². The van der Waals surface area contributed by atoms with Crippen LogP contribution in [0, 0.1) is 0 Å². The van der Waals surface area contributed by atoms with Crippen LogP contribution in [0.15, 0.2) is 12.3 Å². The van der Waals surface area contributed by atoms with E-state index in [4.69, 9.17) is 5.73 Å². The van der Waals surface area contributed by atoms with E-state index in [1.165, 1.54) is 13.2 Å². The average molecular weight is 216 g/mol. The molecule has 0 fully saturated rings. The molecule has 0 spiro atoms. The first-order chi connectivity index (χ1) is 7.04. The summed E-state index contributed by atoms with van der Waals surface area (Å²) < 4.78 is 29.0. The van der Waals surface area contributed by atoms with Gasteiger partial charge in [0.05, 0.1) is 24.8 Å². The summed E-state index contributed by atoms with van der Waals surface area (Å²) >= 11 is 0. The molecule has 0 aliphatic heterocycles. The molecule has 0 aliphatic rings. The molecule has 82 valence electrons. The van der Waals surface area contributed by atoms with Crippen molar-refractivity contribution in [1.82, 2.24) is 4.98 Å². The minimum atomic E-state index is -2.66. The van der Waals surface area contributed by atoms with Crippen LogP contribution in [0.3, 0.4) is 0 Å². The third-order valence-corrected chi connectivity index (χ3v) is 1.81. The minimum Gasteiger partial charge on any atom is -0.469 e. The largest absolute Gasteiger partial charge is 0.469 e. The van der Waals surface area contributed by atoms with E-state index in [0.29, 0.717) is 5.69 Å². The number of hydrogen-bond donors (Lipinski definition) is 1. The zero-order valence-electron chi connectivity index (χ0n) is 8.04. The molecule has 1 aromatic heterocycles. The lowest BCUT2D eigenvalue weighted by atomic mass is 10.2. The van der Waals surface area contributed by atoms with Crippen molar-refractivity contribution in [3.8, 4) is 0 Å². The number of methoxy groups -OCH3 is 1. The first kappa shape index (κ1) is 11.4.